The topological polar surface area (TPSA) is 76.3 Å². The number of rotatable bonds is 2. The fourth-order valence-corrected chi connectivity index (χ4v) is 0.739. The first-order chi connectivity index (χ1) is 5.68. The molecule has 5 nitrogen and oxygen atoms in total. The van der Waals surface area contributed by atoms with Crippen LogP contribution >= 0.6 is 0 Å². The minimum atomic E-state index is -1.08. The smallest absolute Gasteiger partial charge is 0.404 e. The zero-order chi connectivity index (χ0) is 8.97. The molecule has 0 atom stereocenters. The third-order valence-electron chi connectivity index (χ3n) is 1.31. The largest absolute Gasteiger partial charge is 0.619 e. The van der Waals surface area contributed by atoms with E-state index >= 15 is 0 Å². The van der Waals surface area contributed by atoms with E-state index in [0.29, 0.717) is 4.73 Å². The normalized spacial score (nSPS) is 9.33. The van der Waals surface area contributed by atoms with Gasteiger partial charge in [0, 0.05) is 18.7 Å². The average Bonchev–Trinajstić information content (AvgIpc) is 2.03. The predicted molar refractivity (Wildman–Crippen MR) is 40.3 cm³/mol. The summed E-state index contributed by atoms with van der Waals surface area (Å²) in [6.07, 6.45) is 1.56. The Labute approximate surface area is 68.8 Å². The van der Waals surface area contributed by atoms with Crippen LogP contribution in [0.4, 0.5) is 4.79 Å². The van der Waals surface area contributed by atoms with Crippen molar-refractivity contribution in [3.63, 3.8) is 0 Å². The zero-order valence-corrected chi connectivity index (χ0v) is 6.23. The van der Waals surface area contributed by atoms with E-state index in [-0.39, 0.29) is 6.54 Å². The Morgan fingerprint density at radius 2 is 2.17 bits per heavy atom. The van der Waals surface area contributed by atoms with Crippen molar-refractivity contribution in [3.8, 4) is 0 Å². The molecule has 0 aliphatic carbocycles. The highest BCUT2D eigenvalue weighted by Gasteiger charge is 1.96. The first-order valence-corrected chi connectivity index (χ1v) is 3.33. The van der Waals surface area contributed by atoms with Gasteiger partial charge in [0.15, 0.2) is 12.4 Å². The number of nitrogens with zero attached hydrogens (tertiary/aromatic N) is 1. The number of nitrogens with one attached hydrogen (secondary N) is 1. The van der Waals surface area contributed by atoms with E-state index in [0.717, 1.165) is 5.56 Å². The minimum absolute atomic E-state index is 0.218. The molecule has 0 aliphatic heterocycles. The number of amides is 1. The van der Waals surface area contributed by atoms with Crippen molar-refractivity contribution in [1.82, 2.24) is 5.32 Å². The lowest BCUT2D eigenvalue weighted by Crippen LogP contribution is -2.25. The van der Waals surface area contributed by atoms with Gasteiger partial charge in [-0.2, -0.15) is 4.73 Å². The fraction of sp³-hybridized carbons (Fsp3) is 0.143. The third-order valence-corrected chi connectivity index (χ3v) is 1.31. The molecule has 0 unspecified atom stereocenters. The number of hydrogen-bond acceptors (Lipinski definition) is 2. The molecule has 5 heteroatoms. The second kappa shape index (κ2) is 3.56. The van der Waals surface area contributed by atoms with Gasteiger partial charge in [0.1, 0.15) is 0 Å². The average molecular weight is 168 g/mol. The van der Waals surface area contributed by atoms with E-state index in [4.69, 9.17) is 5.11 Å². The van der Waals surface area contributed by atoms with E-state index in [9.17, 15) is 10.0 Å². The van der Waals surface area contributed by atoms with E-state index in [1.54, 1.807) is 12.1 Å². The van der Waals surface area contributed by atoms with Crippen molar-refractivity contribution < 1.29 is 14.6 Å². The van der Waals surface area contributed by atoms with Gasteiger partial charge in [-0.1, -0.05) is 0 Å². The van der Waals surface area contributed by atoms with Gasteiger partial charge >= 0.3 is 6.09 Å². The third kappa shape index (κ3) is 2.45. The van der Waals surface area contributed by atoms with E-state index in [2.05, 4.69) is 5.32 Å². The first-order valence-electron chi connectivity index (χ1n) is 3.33. The molecule has 1 aromatic heterocycles. The maximum atomic E-state index is 10.5. The van der Waals surface area contributed by atoms with Gasteiger partial charge < -0.3 is 15.6 Å². The van der Waals surface area contributed by atoms with Gasteiger partial charge in [-0.3, -0.25) is 0 Å². The lowest BCUT2D eigenvalue weighted by molar-refractivity contribution is -0.605. The highest BCUT2D eigenvalue weighted by molar-refractivity contribution is 5.64. The maximum Gasteiger partial charge on any atom is 0.404 e. The van der Waals surface area contributed by atoms with E-state index in [1.807, 2.05) is 0 Å². The monoisotopic (exact) mass is 168 g/mol. The van der Waals surface area contributed by atoms with Gasteiger partial charge in [0.25, 0.3) is 0 Å². The van der Waals surface area contributed by atoms with Crippen LogP contribution in [-0.4, -0.2) is 11.2 Å². The zero-order valence-electron chi connectivity index (χ0n) is 6.23. The summed E-state index contributed by atoms with van der Waals surface area (Å²) >= 11 is 0. The summed E-state index contributed by atoms with van der Waals surface area (Å²) in [6, 6.07) is 3.12. The molecule has 64 valence electrons. The molecular formula is C7H8N2O3. The molecule has 1 amide bonds. The van der Waals surface area contributed by atoms with E-state index in [1.165, 1.54) is 12.4 Å². The molecule has 0 bridgehead atoms. The number of carboxylic acid groups (broad SMARTS) is 1. The lowest BCUT2D eigenvalue weighted by atomic mass is 10.3. The van der Waals surface area contributed by atoms with Crippen molar-refractivity contribution in [3.05, 3.63) is 35.3 Å². The quantitative estimate of drug-likeness (QED) is 0.485. The van der Waals surface area contributed by atoms with Crippen molar-refractivity contribution in [1.29, 1.82) is 0 Å². The van der Waals surface area contributed by atoms with Crippen LogP contribution in [0.25, 0.3) is 0 Å². The van der Waals surface area contributed by atoms with Crippen LogP contribution in [0.5, 0.6) is 0 Å². The molecule has 1 rings (SSSR count). The summed E-state index contributed by atoms with van der Waals surface area (Å²) in [7, 11) is 0. The van der Waals surface area contributed by atoms with Crippen molar-refractivity contribution in [2.45, 2.75) is 6.54 Å². The van der Waals surface area contributed by atoms with Crippen LogP contribution in [-0.2, 0) is 6.54 Å². The molecular weight excluding hydrogens is 160 g/mol. The Bertz CT molecular complexity index is 270. The molecule has 0 aromatic carbocycles. The molecule has 1 aromatic rings. The van der Waals surface area contributed by atoms with Crippen LogP contribution in [0.15, 0.2) is 24.5 Å². The predicted octanol–water partition coefficient (Wildman–Crippen LogP) is 0.0876. The van der Waals surface area contributed by atoms with Crippen LogP contribution in [0, 0.1) is 5.21 Å². The number of hydrogen-bond donors (Lipinski definition) is 2. The lowest BCUT2D eigenvalue weighted by Gasteiger charge is -2.00. The Morgan fingerprint density at radius 3 is 2.67 bits per heavy atom. The highest BCUT2D eigenvalue weighted by atomic mass is 16.5. The van der Waals surface area contributed by atoms with Crippen molar-refractivity contribution in [2.24, 2.45) is 0 Å². The standard InChI is InChI=1S/C7H8N2O3/c10-7(11)8-5-6-1-3-9(12)4-2-6/h1-4,8H,5H2,(H,10,11). The molecule has 0 saturated carbocycles. The second-order valence-electron chi connectivity index (χ2n) is 2.22. The number of pyridine rings is 1. The molecule has 0 spiro atoms. The van der Waals surface area contributed by atoms with Crippen LogP contribution in [0.1, 0.15) is 5.56 Å². The van der Waals surface area contributed by atoms with Crippen molar-refractivity contribution >= 4 is 6.09 Å². The van der Waals surface area contributed by atoms with Crippen LogP contribution in [0.3, 0.4) is 0 Å². The Morgan fingerprint density at radius 1 is 1.58 bits per heavy atom. The van der Waals surface area contributed by atoms with Crippen molar-refractivity contribution in [2.75, 3.05) is 0 Å². The Kier molecular flexibility index (Phi) is 2.47. The summed E-state index contributed by atoms with van der Waals surface area (Å²) in [5.41, 5.74) is 0.754. The van der Waals surface area contributed by atoms with E-state index < -0.39 is 6.09 Å². The van der Waals surface area contributed by atoms with Crippen LogP contribution < -0.4 is 10.0 Å². The van der Waals surface area contributed by atoms with Crippen LogP contribution in [0.2, 0.25) is 0 Å². The highest BCUT2D eigenvalue weighted by Crippen LogP contribution is 1.93. The summed E-state index contributed by atoms with van der Waals surface area (Å²) in [6.45, 7) is 0.218. The summed E-state index contributed by atoms with van der Waals surface area (Å²) < 4.78 is 0.643. The first kappa shape index (κ1) is 8.32. The second-order valence-corrected chi connectivity index (χ2v) is 2.22. The SMILES string of the molecule is O=C(O)NCc1cc[n+]([O-])cc1. The minimum Gasteiger partial charge on any atom is -0.619 e. The maximum absolute atomic E-state index is 10.5. The van der Waals surface area contributed by atoms with Gasteiger partial charge in [-0.05, 0) is 5.56 Å². The number of aromatic nitrogens is 1. The molecule has 0 aliphatic rings. The Hall–Kier alpha value is -1.78. The number of carbonyl (C=O) groups is 1. The molecule has 12 heavy (non-hydrogen) atoms. The summed E-state index contributed by atoms with van der Waals surface area (Å²) in [5, 5.41) is 21.0. The fourth-order valence-electron chi connectivity index (χ4n) is 0.739. The summed E-state index contributed by atoms with van der Waals surface area (Å²) in [5.74, 6) is 0. The summed E-state index contributed by atoms with van der Waals surface area (Å²) in [4.78, 5) is 10.1. The van der Waals surface area contributed by atoms with Gasteiger partial charge in [-0.15, -0.1) is 0 Å². The molecule has 0 fully saturated rings. The Balaban J connectivity index is 2.53. The molecule has 0 radical (unpaired) electrons. The van der Waals surface area contributed by atoms with Gasteiger partial charge in [0.05, 0.1) is 0 Å². The molecule has 1 heterocycles. The molecule has 0 saturated heterocycles. The van der Waals surface area contributed by atoms with Gasteiger partial charge in [-0.25, -0.2) is 4.79 Å². The molecule has 2 N–H and O–H groups in total. The van der Waals surface area contributed by atoms with Gasteiger partial charge in [0.2, 0.25) is 0 Å².